The molecule has 0 fully saturated rings. The van der Waals surface area contributed by atoms with Crippen molar-refractivity contribution in [3.8, 4) is 11.4 Å². The van der Waals surface area contributed by atoms with Gasteiger partial charge in [-0.25, -0.2) is 4.58 Å². The van der Waals surface area contributed by atoms with E-state index in [1.807, 2.05) is 6.07 Å². The topological polar surface area (TPSA) is 59.7 Å². The van der Waals surface area contributed by atoms with Gasteiger partial charge in [0.05, 0.1) is 5.56 Å². The summed E-state index contributed by atoms with van der Waals surface area (Å²) >= 11 is 0. The van der Waals surface area contributed by atoms with E-state index in [9.17, 15) is 0 Å². The molecular formula is C21H22N5+. The summed E-state index contributed by atoms with van der Waals surface area (Å²) in [5, 5.41) is 8.86. The van der Waals surface area contributed by atoms with Gasteiger partial charge in [-0.2, -0.15) is 0 Å². The molecule has 0 saturated carbocycles. The first-order valence-electron chi connectivity index (χ1n) is 9.32. The van der Waals surface area contributed by atoms with Gasteiger partial charge in [0.25, 0.3) is 5.84 Å². The quantitative estimate of drug-likeness (QED) is 0.726. The van der Waals surface area contributed by atoms with Crippen LogP contribution >= 0.6 is 0 Å². The SMILES string of the molecule is NC1=[N+](c2ccc(-c3nnc4n3CCCCC4)cc2)Cc2ccccc21. The first kappa shape index (κ1) is 15.3. The Balaban J connectivity index is 1.48. The predicted molar refractivity (Wildman–Crippen MR) is 101 cm³/mol. The minimum atomic E-state index is 0.821. The standard InChI is InChI=1S/C21H21N5/c22-20-18-7-4-3-6-16(18)14-26(20)17-11-9-15(10-12-17)21-24-23-19-8-2-1-5-13-25(19)21/h3-4,6-7,9-12,22H,1-2,5,8,13-14H2/p+1. The van der Waals surface area contributed by atoms with Gasteiger partial charge in [-0.05, 0) is 43.2 Å². The molecule has 3 heterocycles. The molecule has 0 radical (unpaired) electrons. The van der Waals surface area contributed by atoms with E-state index in [0.717, 1.165) is 53.8 Å². The van der Waals surface area contributed by atoms with E-state index in [2.05, 4.69) is 61.8 Å². The van der Waals surface area contributed by atoms with Crippen LogP contribution in [0.15, 0.2) is 48.5 Å². The molecule has 0 saturated heterocycles. The molecule has 26 heavy (non-hydrogen) atoms. The molecule has 0 spiro atoms. The fourth-order valence-corrected chi connectivity index (χ4v) is 4.03. The monoisotopic (exact) mass is 344 g/mol. The zero-order valence-electron chi connectivity index (χ0n) is 14.7. The average Bonchev–Trinajstić information content (AvgIpc) is 3.15. The molecule has 0 unspecified atom stereocenters. The minimum absolute atomic E-state index is 0.821. The van der Waals surface area contributed by atoms with Crippen LogP contribution in [-0.2, 0) is 19.5 Å². The van der Waals surface area contributed by atoms with E-state index >= 15 is 0 Å². The van der Waals surface area contributed by atoms with Crippen molar-refractivity contribution in [1.82, 2.24) is 14.8 Å². The Morgan fingerprint density at radius 1 is 0.923 bits per heavy atom. The van der Waals surface area contributed by atoms with Crippen LogP contribution in [0.5, 0.6) is 0 Å². The number of hydrogen-bond acceptors (Lipinski definition) is 3. The summed E-state index contributed by atoms with van der Waals surface area (Å²) in [5.74, 6) is 2.92. The van der Waals surface area contributed by atoms with Gasteiger partial charge in [0, 0.05) is 24.1 Å². The van der Waals surface area contributed by atoms with E-state index in [4.69, 9.17) is 5.73 Å². The fraction of sp³-hybridized carbons (Fsp3) is 0.286. The number of fused-ring (bicyclic) bond motifs is 2. The van der Waals surface area contributed by atoms with Crippen LogP contribution in [0.1, 0.15) is 36.2 Å². The summed E-state index contributed by atoms with van der Waals surface area (Å²) in [4.78, 5) is 0. The Bertz CT molecular complexity index is 997. The van der Waals surface area contributed by atoms with Crippen molar-refractivity contribution < 1.29 is 4.58 Å². The third-order valence-electron chi connectivity index (χ3n) is 5.46. The second kappa shape index (κ2) is 6.09. The van der Waals surface area contributed by atoms with Gasteiger partial charge >= 0.3 is 0 Å². The third-order valence-corrected chi connectivity index (χ3v) is 5.46. The number of benzene rings is 2. The Morgan fingerprint density at radius 3 is 2.62 bits per heavy atom. The van der Waals surface area contributed by atoms with Gasteiger partial charge in [0.2, 0.25) is 0 Å². The molecule has 5 nitrogen and oxygen atoms in total. The first-order chi connectivity index (χ1) is 12.8. The van der Waals surface area contributed by atoms with Crippen molar-refractivity contribution in [3.63, 3.8) is 0 Å². The first-order valence-corrected chi connectivity index (χ1v) is 9.32. The zero-order chi connectivity index (χ0) is 17.5. The van der Waals surface area contributed by atoms with E-state index < -0.39 is 0 Å². The molecule has 2 N–H and O–H groups in total. The van der Waals surface area contributed by atoms with Crippen LogP contribution in [-0.4, -0.2) is 25.2 Å². The number of amidine groups is 1. The Kier molecular flexibility index (Phi) is 3.59. The van der Waals surface area contributed by atoms with Gasteiger partial charge < -0.3 is 4.57 Å². The molecule has 2 aliphatic heterocycles. The maximum atomic E-state index is 6.38. The Labute approximate surface area is 152 Å². The highest BCUT2D eigenvalue weighted by Gasteiger charge is 2.25. The third kappa shape index (κ3) is 2.43. The van der Waals surface area contributed by atoms with Crippen LogP contribution in [0.25, 0.3) is 11.4 Å². The summed E-state index contributed by atoms with van der Waals surface area (Å²) in [6.45, 7) is 1.84. The van der Waals surface area contributed by atoms with Crippen LogP contribution in [0.3, 0.4) is 0 Å². The highest BCUT2D eigenvalue weighted by Crippen LogP contribution is 2.27. The summed E-state index contributed by atoms with van der Waals surface area (Å²) in [5.41, 5.74) is 11.0. The van der Waals surface area contributed by atoms with E-state index in [1.165, 1.54) is 24.8 Å². The molecule has 0 bridgehead atoms. The van der Waals surface area contributed by atoms with Crippen LogP contribution in [0, 0.1) is 0 Å². The minimum Gasteiger partial charge on any atom is -0.311 e. The van der Waals surface area contributed by atoms with Gasteiger partial charge in [-0.15, -0.1) is 10.2 Å². The lowest BCUT2D eigenvalue weighted by Crippen LogP contribution is -2.19. The molecule has 2 aliphatic rings. The van der Waals surface area contributed by atoms with Crippen molar-refractivity contribution in [3.05, 3.63) is 65.5 Å². The smallest absolute Gasteiger partial charge is 0.280 e. The second-order valence-corrected chi connectivity index (χ2v) is 7.08. The number of rotatable bonds is 2. The van der Waals surface area contributed by atoms with Gasteiger partial charge in [-0.1, -0.05) is 24.6 Å². The van der Waals surface area contributed by atoms with Crippen LogP contribution in [0.4, 0.5) is 5.69 Å². The van der Waals surface area contributed by atoms with Crippen LogP contribution in [0.2, 0.25) is 0 Å². The number of nitrogens with zero attached hydrogens (tertiary/aromatic N) is 4. The van der Waals surface area contributed by atoms with Crippen molar-refractivity contribution in [2.45, 2.75) is 38.8 Å². The summed E-state index contributed by atoms with van der Waals surface area (Å²) in [6, 6.07) is 16.9. The van der Waals surface area contributed by atoms with E-state index in [0.29, 0.717) is 0 Å². The molecular weight excluding hydrogens is 322 g/mol. The molecule has 5 heteroatoms. The molecule has 2 aromatic carbocycles. The van der Waals surface area contributed by atoms with E-state index in [1.54, 1.807) is 0 Å². The largest absolute Gasteiger partial charge is 0.311 e. The number of aryl methyl sites for hydroxylation is 1. The molecule has 0 amide bonds. The van der Waals surface area contributed by atoms with Crippen molar-refractivity contribution >= 4 is 11.5 Å². The maximum Gasteiger partial charge on any atom is 0.280 e. The molecule has 5 rings (SSSR count). The lowest BCUT2D eigenvalue weighted by atomic mass is 10.1. The van der Waals surface area contributed by atoms with Gasteiger partial charge in [-0.3, -0.25) is 5.73 Å². The summed E-state index contributed by atoms with van der Waals surface area (Å²) in [7, 11) is 0. The average molecular weight is 344 g/mol. The summed E-state index contributed by atoms with van der Waals surface area (Å²) in [6.07, 6.45) is 4.71. The lowest BCUT2D eigenvalue weighted by Gasteiger charge is -2.08. The predicted octanol–water partition coefficient (Wildman–Crippen LogP) is 3.23. The Morgan fingerprint density at radius 2 is 1.77 bits per heavy atom. The fourth-order valence-electron chi connectivity index (χ4n) is 4.03. The van der Waals surface area contributed by atoms with Crippen LogP contribution < -0.4 is 5.73 Å². The second-order valence-electron chi connectivity index (χ2n) is 7.08. The lowest BCUT2D eigenvalue weighted by molar-refractivity contribution is -0.453. The van der Waals surface area contributed by atoms with Gasteiger partial charge in [0.15, 0.2) is 5.82 Å². The maximum absolute atomic E-state index is 6.38. The summed E-state index contributed by atoms with van der Waals surface area (Å²) < 4.78 is 4.45. The molecule has 130 valence electrons. The number of nitrogens with two attached hydrogens (primary N) is 1. The highest BCUT2D eigenvalue weighted by molar-refractivity contribution is 5.97. The Hall–Kier alpha value is -2.95. The molecule has 0 atom stereocenters. The molecule has 0 aliphatic carbocycles. The van der Waals surface area contributed by atoms with Crippen molar-refractivity contribution in [2.24, 2.45) is 5.73 Å². The normalized spacial score (nSPS) is 16.3. The van der Waals surface area contributed by atoms with E-state index in [-0.39, 0.29) is 0 Å². The highest BCUT2D eigenvalue weighted by atomic mass is 15.3. The van der Waals surface area contributed by atoms with Gasteiger partial charge in [0.1, 0.15) is 18.1 Å². The number of hydrogen-bond donors (Lipinski definition) is 1. The zero-order valence-corrected chi connectivity index (χ0v) is 14.7. The van der Waals surface area contributed by atoms with Crippen molar-refractivity contribution in [2.75, 3.05) is 0 Å². The molecule has 3 aromatic rings. The molecule has 1 aromatic heterocycles. The number of aromatic nitrogens is 3. The van der Waals surface area contributed by atoms with Crippen molar-refractivity contribution in [1.29, 1.82) is 0 Å².